The lowest BCUT2D eigenvalue weighted by Gasteiger charge is -2.09. The van der Waals surface area contributed by atoms with Crippen molar-refractivity contribution in [3.05, 3.63) is 94.0 Å². The Morgan fingerprint density at radius 3 is 1.85 bits per heavy atom. The fourth-order valence-electron chi connectivity index (χ4n) is 3.54. The highest BCUT2D eigenvalue weighted by Gasteiger charge is 2.16. The molecule has 0 atom stereocenters. The highest BCUT2D eigenvalue weighted by Crippen LogP contribution is 2.25. The zero-order valence-corrected chi connectivity index (χ0v) is 20.6. The molecule has 0 amide bonds. The van der Waals surface area contributed by atoms with Crippen LogP contribution in [-0.2, 0) is 12.8 Å². The van der Waals surface area contributed by atoms with E-state index in [-0.39, 0.29) is 16.3 Å². The van der Waals surface area contributed by atoms with Gasteiger partial charge in [-0.25, -0.2) is 9.59 Å². The third-order valence-electron chi connectivity index (χ3n) is 5.58. The summed E-state index contributed by atoms with van der Waals surface area (Å²) >= 11 is 6.29. The molecule has 0 aliphatic rings. The zero-order chi connectivity index (χ0) is 24.3. The van der Waals surface area contributed by atoms with Crippen molar-refractivity contribution in [2.75, 3.05) is 0 Å². The number of hydrogen-bond acceptors (Lipinski definition) is 4. The highest BCUT2D eigenvalue weighted by molar-refractivity contribution is 6.33. The van der Waals surface area contributed by atoms with Crippen molar-refractivity contribution >= 4 is 23.5 Å². The second-order valence-corrected chi connectivity index (χ2v) is 8.73. The Hall–Kier alpha value is -3.11. The Morgan fingerprint density at radius 2 is 1.24 bits per heavy atom. The second kappa shape index (κ2) is 13.0. The van der Waals surface area contributed by atoms with Gasteiger partial charge in [0, 0.05) is 6.07 Å². The summed E-state index contributed by atoms with van der Waals surface area (Å²) in [6.45, 7) is 4.33. The molecule has 5 heteroatoms. The summed E-state index contributed by atoms with van der Waals surface area (Å²) in [5.41, 5.74) is 3.07. The Bertz CT molecular complexity index is 1090. The van der Waals surface area contributed by atoms with Crippen LogP contribution in [0.1, 0.15) is 77.8 Å². The molecule has 0 saturated carbocycles. The van der Waals surface area contributed by atoms with Crippen LogP contribution in [0.15, 0.2) is 66.7 Å². The van der Waals surface area contributed by atoms with E-state index in [2.05, 4.69) is 13.8 Å². The van der Waals surface area contributed by atoms with Crippen LogP contribution in [0.3, 0.4) is 0 Å². The van der Waals surface area contributed by atoms with Gasteiger partial charge in [0.15, 0.2) is 0 Å². The molecule has 0 aliphatic carbocycles. The van der Waals surface area contributed by atoms with Gasteiger partial charge in [-0.3, -0.25) is 0 Å². The first-order valence-electron chi connectivity index (χ1n) is 11.9. The molecule has 0 bridgehead atoms. The fourth-order valence-corrected chi connectivity index (χ4v) is 3.79. The van der Waals surface area contributed by atoms with Crippen molar-refractivity contribution < 1.29 is 19.1 Å². The molecule has 0 fully saturated rings. The summed E-state index contributed by atoms with van der Waals surface area (Å²) in [5, 5.41) is 0.154. The molecule has 0 heterocycles. The van der Waals surface area contributed by atoms with Gasteiger partial charge in [-0.05, 0) is 73.2 Å². The van der Waals surface area contributed by atoms with Gasteiger partial charge in [0.1, 0.15) is 11.5 Å². The van der Waals surface area contributed by atoms with E-state index in [0.29, 0.717) is 11.3 Å². The standard InChI is InChI=1S/C29H31ClO4/c1-3-5-7-9-22-10-14-23(15-11-22)28(31)34-25-18-19-26(27(30)20-25)29(32)33-24-16-12-21(13-17-24)8-6-4-2/h10-20H,3-9H2,1-2H3. The first kappa shape index (κ1) is 25.5. The van der Waals surface area contributed by atoms with Gasteiger partial charge < -0.3 is 9.47 Å². The Morgan fingerprint density at radius 1 is 0.676 bits per heavy atom. The lowest BCUT2D eigenvalue weighted by molar-refractivity contribution is 0.0730. The number of unbranched alkanes of at least 4 members (excludes halogenated alkanes) is 3. The van der Waals surface area contributed by atoms with Crippen molar-refractivity contribution in [2.45, 2.75) is 58.8 Å². The molecule has 34 heavy (non-hydrogen) atoms. The van der Waals surface area contributed by atoms with Crippen molar-refractivity contribution in [1.82, 2.24) is 0 Å². The number of halogens is 1. The molecule has 0 aliphatic heterocycles. The average molecular weight is 479 g/mol. The highest BCUT2D eigenvalue weighted by atomic mass is 35.5. The van der Waals surface area contributed by atoms with E-state index in [1.807, 2.05) is 24.3 Å². The minimum atomic E-state index is -0.567. The number of rotatable bonds is 11. The van der Waals surface area contributed by atoms with Crippen LogP contribution >= 0.6 is 11.6 Å². The molecular weight excluding hydrogens is 448 g/mol. The third kappa shape index (κ3) is 7.46. The van der Waals surface area contributed by atoms with Gasteiger partial charge in [0.25, 0.3) is 0 Å². The SMILES string of the molecule is CCCCCc1ccc(C(=O)Oc2ccc(C(=O)Oc3ccc(CCCC)cc3)c(Cl)c2)cc1. The molecule has 3 aromatic rings. The van der Waals surface area contributed by atoms with Crippen molar-refractivity contribution in [2.24, 2.45) is 0 Å². The second-order valence-electron chi connectivity index (χ2n) is 8.32. The molecule has 0 N–H and O–H groups in total. The summed E-state index contributed by atoms with van der Waals surface area (Å²) in [5.74, 6) is -0.327. The minimum Gasteiger partial charge on any atom is -0.423 e. The summed E-state index contributed by atoms with van der Waals surface area (Å²) in [7, 11) is 0. The number of ether oxygens (including phenoxy) is 2. The predicted octanol–water partition coefficient (Wildman–Crippen LogP) is 7.85. The molecule has 0 radical (unpaired) electrons. The maximum absolute atomic E-state index is 12.6. The Labute approximate surface area is 206 Å². The largest absolute Gasteiger partial charge is 0.423 e. The number of esters is 2. The van der Waals surface area contributed by atoms with Crippen LogP contribution < -0.4 is 9.47 Å². The number of benzene rings is 3. The van der Waals surface area contributed by atoms with E-state index in [9.17, 15) is 9.59 Å². The summed E-state index contributed by atoms with van der Waals surface area (Å²) in [4.78, 5) is 25.1. The molecule has 4 nitrogen and oxygen atoms in total. The normalized spacial score (nSPS) is 10.7. The predicted molar refractivity (Wildman–Crippen MR) is 136 cm³/mol. The molecule has 0 saturated heterocycles. The van der Waals surface area contributed by atoms with Crippen LogP contribution in [0.5, 0.6) is 11.5 Å². The quantitative estimate of drug-likeness (QED) is 0.160. The summed E-state index contributed by atoms with van der Waals surface area (Å²) in [6.07, 6.45) is 7.76. The van der Waals surface area contributed by atoms with Crippen molar-refractivity contribution in [3.63, 3.8) is 0 Å². The van der Waals surface area contributed by atoms with Crippen molar-refractivity contribution in [3.8, 4) is 11.5 Å². The first-order valence-corrected chi connectivity index (χ1v) is 12.3. The van der Waals surface area contributed by atoms with Gasteiger partial charge in [-0.2, -0.15) is 0 Å². The van der Waals surface area contributed by atoms with E-state index in [1.165, 1.54) is 42.2 Å². The molecule has 3 aromatic carbocycles. The topological polar surface area (TPSA) is 52.6 Å². The maximum Gasteiger partial charge on any atom is 0.345 e. The minimum absolute atomic E-state index is 0.154. The van der Waals surface area contributed by atoms with Gasteiger partial charge >= 0.3 is 11.9 Å². The van der Waals surface area contributed by atoms with Crippen molar-refractivity contribution in [1.29, 1.82) is 0 Å². The van der Waals surface area contributed by atoms with Crippen LogP contribution in [0, 0.1) is 0 Å². The van der Waals surface area contributed by atoms with Gasteiger partial charge in [0.05, 0.1) is 16.1 Å². The molecule has 0 unspecified atom stereocenters. The van der Waals surface area contributed by atoms with E-state index in [0.717, 1.165) is 32.1 Å². The lowest BCUT2D eigenvalue weighted by atomic mass is 10.1. The summed E-state index contributed by atoms with van der Waals surface area (Å²) < 4.78 is 10.9. The number of hydrogen-bond donors (Lipinski definition) is 0. The monoisotopic (exact) mass is 478 g/mol. The van der Waals surface area contributed by atoms with Gasteiger partial charge in [-0.15, -0.1) is 0 Å². The van der Waals surface area contributed by atoms with E-state index >= 15 is 0 Å². The lowest BCUT2D eigenvalue weighted by Crippen LogP contribution is -2.11. The Kier molecular flexibility index (Phi) is 9.72. The molecular formula is C29H31ClO4. The molecule has 178 valence electrons. The van der Waals surface area contributed by atoms with Crippen LogP contribution in [-0.4, -0.2) is 11.9 Å². The zero-order valence-electron chi connectivity index (χ0n) is 19.8. The summed E-state index contributed by atoms with van der Waals surface area (Å²) in [6, 6.07) is 19.4. The van der Waals surface area contributed by atoms with Gasteiger partial charge in [-0.1, -0.05) is 69.0 Å². The Balaban J connectivity index is 1.58. The van der Waals surface area contributed by atoms with E-state index < -0.39 is 11.9 Å². The molecule has 3 rings (SSSR count). The molecule has 0 spiro atoms. The first-order chi connectivity index (χ1) is 16.5. The third-order valence-corrected chi connectivity index (χ3v) is 5.90. The molecule has 0 aromatic heterocycles. The van der Waals surface area contributed by atoms with Crippen LogP contribution in [0.4, 0.5) is 0 Å². The number of aryl methyl sites for hydroxylation is 2. The smallest absolute Gasteiger partial charge is 0.345 e. The number of carbonyl (C=O) groups excluding carboxylic acids is 2. The fraction of sp³-hybridized carbons (Fsp3) is 0.310. The number of carbonyl (C=O) groups is 2. The van der Waals surface area contributed by atoms with Gasteiger partial charge in [0.2, 0.25) is 0 Å². The van der Waals surface area contributed by atoms with E-state index in [1.54, 1.807) is 24.3 Å². The van der Waals surface area contributed by atoms with E-state index in [4.69, 9.17) is 21.1 Å². The maximum atomic E-state index is 12.6. The van der Waals surface area contributed by atoms with Crippen LogP contribution in [0.2, 0.25) is 5.02 Å². The van der Waals surface area contributed by atoms with Crippen LogP contribution in [0.25, 0.3) is 0 Å². The average Bonchev–Trinajstić information content (AvgIpc) is 2.84.